The van der Waals surface area contributed by atoms with Crippen LogP contribution in [0.2, 0.25) is 0 Å². The van der Waals surface area contributed by atoms with Crippen LogP contribution in [-0.2, 0) is 22.4 Å². The quantitative estimate of drug-likeness (QED) is 0.904. The summed E-state index contributed by atoms with van der Waals surface area (Å²) in [5, 5.41) is 3.75. The molecule has 124 valence electrons. The smallest absolute Gasteiger partial charge is 0.415 e. The Bertz CT molecular complexity index is 848. The van der Waals surface area contributed by atoms with Crippen molar-refractivity contribution in [3.8, 4) is 11.3 Å². The number of carbonyl (C=O) groups is 2. The molecule has 2 aromatic rings. The third-order valence-electron chi connectivity index (χ3n) is 4.36. The number of aromatic nitrogens is 1. The third kappa shape index (κ3) is 2.22. The van der Waals surface area contributed by atoms with Crippen LogP contribution in [0, 0.1) is 5.82 Å². The fraction of sp³-hybridized carbons (Fsp3) is 0.312. The number of nitrogens with two attached hydrogens (primary N) is 1. The van der Waals surface area contributed by atoms with Crippen molar-refractivity contribution >= 4 is 17.7 Å². The lowest BCUT2D eigenvalue weighted by Gasteiger charge is -2.16. The van der Waals surface area contributed by atoms with Crippen LogP contribution >= 0.6 is 0 Å². The van der Waals surface area contributed by atoms with Gasteiger partial charge in [0.2, 0.25) is 0 Å². The summed E-state index contributed by atoms with van der Waals surface area (Å²) in [5.41, 5.74) is 7.48. The molecule has 24 heavy (non-hydrogen) atoms. The van der Waals surface area contributed by atoms with E-state index >= 15 is 0 Å². The van der Waals surface area contributed by atoms with E-state index in [0.717, 1.165) is 24.0 Å². The Morgan fingerprint density at radius 3 is 2.88 bits per heavy atom. The molecule has 1 aliphatic carbocycles. The average molecular weight is 331 g/mol. The van der Waals surface area contributed by atoms with Crippen molar-refractivity contribution in [1.29, 1.82) is 0 Å². The minimum absolute atomic E-state index is 0.0278. The number of ether oxygens (including phenoxy) is 1. The summed E-state index contributed by atoms with van der Waals surface area (Å²) < 4.78 is 24.9. The molecule has 1 atom stereocenters. The molecule has 0 radical (unpaired) electrons. The summed E-state index contributed by atoms with van der Waals surface area (Å²) in [6.45, 7) is -0.0278. The van der Waals surface area contributed by atoms with Gasteiger partial charge in [-0.05, 0) is 37.0 Å². The predicted molar refractivity (Wildman–Crippen MR) is 80.7 cm³/mol. The Morgan fingerprint density at radius 1 is 1.33 bits per heavy atom. The maximum atomic E-state index is 14.7. The van der Waals surface area contributed by atoms with Gasteiger partial charge in [-0.15, -0.1) is 0 Å². The van der Waals surface area contributed by atoms with E-state index < -0.39 is 23.9 Å². The van der Waals surface area contributed by atoms with E-state index in [1.165, 1.54) is 11.0 Å². The molecule has 1 aromatic heterocycles. The molecule has 2 heterocycles. The molecule has 1 aromatic carbocycles. The average Bonchev–Trinajstić information content (AvgIpc) is 3.10. The van der Waals surface area contributed by atoms with E-state index in [9.17, 15) is 14.0 Å². The van der Waals surface area contributed by atoms with Crippen molar-refractivity contribution in [2.24, 2.45) is 5.73 Å². The van der Waals surface area contributed by atoms with Gasteiger partial charge in [0.05, 0.1) is 24.0 Å². The lowest BCUT2D eigenvalue weighted by molar-refractivity contribution is -0.124. The topological polar surface area (TPSA) is 98.7 Å². The van der Waals surface area contributed by atoms with Crippen LogP contribution in [0.5, 0.6) is 0 Å². The molecule has 1 saturated heterocycles. The second kappa shape index (κ2) is 5.33. The highest BCUT2D eigenvalue weighted by molar-refractivity contribution is 5.95. The zero-order valence-corrected chi connectivity index (χ0v) is 12.6. The third-order valence-corrected chi connectivity index (χ3v) is 4.36. The van der Waals surface area contributed by atoms with Gasteiger partial charge in [-0.3, -0.25) is 9.69 Å². The van der Waals surface area contributed by atoms with Crippen LogP contribution in [0.4, 0.5) is 14.9 Å². The summed E-state index contributed by atoms with van der Waals surface area (Å²) >= 11 is 0. The normalized spacial score (nSPS) is 19.5. The van der Waals surface area contributed by atoms with Crippen molar-refractivity contribution in [1.82, 2.24) is 5.16 Å². The Balaban J connectivity index is 1.76. The molecule has 7 nitrogen and oxygen atoms in total. The molecule has 8 heteroatoms. The van der Waals surface area contributed by atoms with E-state index in [1.807, 2.05) is 0 Å². The van der Waals surface area contributed by atoms with Gasteiger partial charge in [0, 0.05) is 5.56 Å². The van der Waals surface area contributed by atoms with Crippen LogP contribution < -0.4 is 10.6 Å². The first-order chi connectivity index (χ1) is 11.5. The van der Waals surface area contributed by atoms with Crippen molar-refractivity contribution in [3.05, 3.63) is 35.3 Å². The molecular weight excluding hydrogens is 317 g/mol. The van der Waals surface area contributed by atoms with Crippen molar-refractivity contribution in [3.63, 3.8) is 0 Å². The fourth-order valence-corrected chi connectivity index (χ4v) is 3.19. The maximum absolute atomic E-state index is 14.7. The molecule has 0 bridgehead atoms. The predicted octanol–water partition coefficient (Wildman–Crippen LogP) is 1.78. The summed E-state index contributed by atoms with van der Waals surface area (Å²) in [4.78, 5) is 24.4. The van der Waals surface area contributed by atoms with E-state index in [2.05, 4.69) is 5.16 Å². The highest BCUT2D eigenvalue weighted by Crippen LogP contribution is 2.37. The molecule has 2 aliphatic rings. The number of halogens is 1. The van der Waals surface area contributed by atoms with Crippen molar-refractivity contribution in [2.75, 3.05) is 11.4 Å². The molecule has 1 fully saturated rings. The van der Waals surface area contributed by atoms with Crippen LogP contribution in [0.1, 0.15) is 17.5 Å². The molecule has 2 N–H and O–H groups in total. The highest BCUT2D eigenvalue weighted by Gasteiger charge is 2.36. The minimum atomic E-state index is -1.03. The highest BCUT2D eigenvalue weighted by atomic mass is 19.1. The molecule has 1 aliphatic heterocycles. The van der Waals surface area contributed by atoms with Gasteiger partial charge in [0.15, 0.2) is 11.9 Å². The molecule has 0 unspecified atom stereocenters. The Hall–Kier alpha value is -2.90. The number of aryl methyl sites for hydroxylation is 2. The summed E-state index contributed by atoms with van der Waals surface area (Å²) in [6.07, 6.45) is 2.07. The lowest BCUT2D eigenvalue weighted by atomic mass is 10.0. The van der Waals surface area contributed by atoms with Crippen molar-refractivity contribution in [2.45, 2.75) is 25.4 Å². The Morgan fingerprint density at radius 2 is 2.12 bits per heavy atom. The number of carbonyl (C=O) groups excluding carboxylic acids is 2. The standard InChI is InChI=1S/C16H14FN3O4/c17-11-5-10(20-7-12(15(18)21)23-16(20)22)4-8-2-1-3-9-6-19-24-14(9)13(8)11/h4-6,12H,1-3,7H2,(H2,18,21)/t12-/m1/s1. The molecule has 2 amide bonds. The lowest BCUT2D eigenvalue weighted by Crippen LogP contribution is -2.32. The molecular formula is C16H14FN3O4. The number of fused-ring (bicyclic) bond motifs is 3. The largest absolute Gasteiger partial charge is 0.434 e. The van der Waals surface area contributed by atoms with E-state index in [-0.39, 0.29) is 6.54 Å². The SMILES string of the molecule is NC(=O)[C@H]1CN(c2cc(F)c3c(c2)CCCc2cnoc2-3)C(=O)O1. The number of hydrogen-bond donors (Lipinski definition) is 1. The fourth-order valence-electron chi connectivity index (χ4n) is 3.19. The maximum Gasteiger partial charge on any atom is 0.415 e. The monoisotopic (exact) mass is 331 g/mol. The van der Waals surface area contributed by atoms with Crippen LogP contribution in [-0.4, -0.2) is 29.8 Å². The summed E-state index contributed by atoms with van der Waals surface area (Å²) in [5.74, 6) is -0.796. The van der Waals surface area contributed by atoms with Crippen LogP contribution in [0.15, 0.2) is 22.9 Å². The number of nitrogens with zero attached hydrogens (tertiary/aromatic N) is 2. The Kier molecular flexibility index (Phi) is 3.26. The first-order valence-corrected chi connectivity index (χ1v) is 7.58. The number of rotatable bonds is 2. The van der Waals surface area contributed by atoms with Gasteiger partial charge in [-0.2, -0.15) is 0 Å². The van der Waals surface area contributed by atoms with E-state index in [4.69, 9.17) is 15.0 Å². The van der Waals surface area contributed by atoms with Gasteiger partial charge >= 0.3 is 6.09 Å². The summed E-state index contributed by atoms with van der Waals surface area (Å²) in [6, 6.07) is 2.96. The van der Waals surface area contributed by atoms with Gasteiger partial charge < -0.3 is 15.0 Å². The van der Waals surface area contributed by atoms with Crippen molar-refractivity contribution < 1.29 is 23.2 Å². The number of cyclic esters (lactones) is 1. The van der Waals surface area contributed by atoms with Crippen LogP contribution in [0.25, 0.3) is 11.3 Å². The zero-order valence-electron chi connectivity index (χ0n) is 12.6. The van der Waals surface area contributed by atoms with Gasteiger partial charge in [-0.1, -0.05) is 5.16 Å². The zero-order chi connectivity index (χ0) is 16.8. The number of amides is 2. The van der Waals surface area contributed by atoms with E-state index in [0.29, 0.717) is 23.4 Å². The first-order valence-electron chi connectivity index (χ1n) is 7.58. The minimum Gasteiger partial charge on any atom is -0.434 e. The number of benzene rings is 1. The van der Waals surface area contributed by atoms with E-state index in [1.54, 1.807) is 12.3 Å². The van der Waals surface area contributed by atoms with Crippen LogP contribution in [0.3, 0.4) is 0 Å². The Labute approximate surface area is 136 Å². The van der Waals surface area contributed by atoms with Gasteiger partial charge in [0.25, 0.3) is 5.91 Å². The summed E-state index contributed by atoms with van der Waals surface area (Å²) in [7, 11) is 0. The second-order valence-corrected chi connectivity index (χ2v) is 5.88. The number of primary amides is 1. The number of hydrogen-bond acceptors (Lipinski definition) is 5. The molecule has 4 rings (SSSR count). The first kappa shape index (κ1) is 14.7. The molecule has 0 saturated carbocycles. The van der Waals surface area contributed by atoms with Gasteiger partial charge in [0.1, 0.15) is 5.82 Å². The molecule has 0 spiro atoms. The van der Waals surface area contributed by atoms with Gasteiger partial charge in [-0.25, -0.2) is 9.18 Å². The second-order valence-electron chi connectivity index (χ2n) is 5.88. The number of anilines is 1.